The molecule has 2 heterocycles. The summed E-state index contributed by atoms with van der Waals surface area (Å²) in [5.41, 5.74) is 0.972. The Morgan fingerprint density at radius 2 is 1.34 bits per heavy atom. The normalized spacial score (nSPS) is 12.4. The van der Waals surface area contributed by atoms with Crippen LogP contribution in [0.4, 0.5) is 0 Å². The molecule has 0 spiro atoms. The van der Waals surface area contributed by atoms with Crippen molar-refractivity contribution in [2.45, 2.75) is 44.8 Å². The first-order valence-electron chi connectivity index (χ1n) is 9.66. The third-order valence-corrected chi connectivity index (χ3v) is 12.1. The maximum atomic E-state index is 5.62. The molecular weight excluding hydrogens is 588 g/mol. The molecule has 0 bridgehead atoms. The Morgan fingerprint density at radius 3 is 1.90 bits per heavy atom. The zero-order chi connectivity index (χ0) is 20.6. The molecule has 3 aromatic rings. The van der Waals surface area contributed by atoms with Gasteiger partial charge >= 0.3 is 21.1 Å². The van der Waals surface area contributed by atoms with Gasteiger partial charge in [-0.2, -0.15) is 34.6 Å². The molecule has 0 N–H and O–H groups in total. The van der Waals surface area contributed by atoms with Gasteiger partial charge in [0.15, 0.2) is 0 Å². The van der Waals surface area contributed by atoms with Crippen molar-refractivity contribution in [1.29, 1.82) is 0 Å². The molecule has 0 aliphatic carbocycles. The Labute approximate surface area is 197 Å². The first-order chi connectivity index (χ1) is 13.0. The average molecular weight is 616 g/mol. The maximum Gasteiger partial charge on any atom is 2.00 e. The molecular formula is C23H28N2PtSSi2. The van der Waals surface area contributed by atoms with Crippen LogP contribution in [0.2, 0.25) is 26.2 Å². The van der Waals surface area contributed by atoms with Crippen LogP contribution in [-0.4, -0.2) is 26.1 Å². The minimum Gasteiger partial charge on any atom is -0.780 e. The quantitative estimate of drug-likeness (QED) is 0.251. The summed E-state index contributed by atoms with van der Waals surface area (Å²) in [6, 6.07) is 22.9. The van der Waals surface area contributed by atoms with Crippen molar-refractivity contribution in [3.05, 3.63) is 72.6 Å². The number of pyridine rings is 2. The predicted octanol–water partition coefficient (Wildman–Crippen LogP) is 2.70. The third kappa shape index (κ3) is 5.19. The van der Waals surface area contributed by atoms with Crippen molar-refractivity contribution in [2.24, 2.45) is 0 Å². The number of hydrogen-bond donors (Lipinski definition) is 0. The van der Waals surface area contributed by atoms with Gasteiger partial charge in [-0.05, 0) is 24.3 Å². The van der Waals surface area contributed by atoms with Gasteiger partial charge in [-0.1, -0.05) is 52.2 Å². The van der Waals surface area contributed by atoms with Crippen molar-refractivity contribution in [3.63, 3.8) is 0 Å². The molecule has 0 fully saturated rings. The second kappa shape index (κ2) is 9.01. The van der Waals surface area contributed by atoms with Gasteiger partial charge in [0, 0.05) is 22.5 Å². The van der Waals surface area contributed by atoms with E-state index >= 15 is 0 Å². The van der Waals surface area contributed by atoms with E-state index in [0.717, 1.165) is 11.0 Å². The van der Waals surface area contributed by atoms with Gasteiger partial charge in [-0.25, -0.2) is 0 Å². The van der Waals surface area contributed by atoms with E-state index in [2.05, 4.69) is 79.7 Å². The largest absolute Gasteiger partial charge is 2.00 e. The summed E-state index contributed by atoms with van der Waals surface area (Å²) < 4.78 is -0.361. The number of benzene rings is 1. The van der Waals surface area contributed by atoms with Gasteiger partial charge in [0.1, 0.15) is 16.1 Å². The van der Waals surface area contributed by atoms with Gasteiger partial charge in [0.25, 0.3) is 0 Å². The van der Waals surface area contributed by atoms with E-state index in [1.165, 1.54) is 15.7 Å². The third-order valence-electron chi connectivity index (χ3n) is 5.45. The topological polar surface area (TPSA) is 25.8 Å². The minimum absolute atomic E-state index is 0. The molecule has 0 aliphatic heterocycles. The molecule has 2 aromatic heterocycles. The van der Waals surface area contributed by atoms with E-state index < -0.39 is 16.1 Å². The van der Waals surface area contributed by atoms with E-state index in [-0.39, 0.29) is 25.8 Å². The zero-order valence-electron chi connectivity index (χ0n) is 17.9. The molecule has 2 nitrogen and oxygen atoms in total. The van der Waals surface area contributed by atoms with Crippen LogP contribution >= 0.6 is 0 Å². The van der Waals surface area contributed by atoms with Crippen LogP contribution in [0.15, 0.2) is 60.8 Å². The Balaban J connectivity index is 0.00000300. The van der Waals surface area contributed by atoms with Gasteiger partial charge in [-0.15, -0.1) is 4.75 Å². The van der Waals surface area contributed by atoms with E-state index in [0.29, 0.717) is 0 Å². The fraction of sp³-hybridized carbons (Fsp3) is 0.304. The van der Waals surface area contributed by atoms with Gasteiger partial charge < -0.3 is 12.6 Å². The van der Waals surface area contributed by atoms with E-state index in [4.69, 9.17) is 17.6 Å². The molecule has 29 heavy (non-hydrogen) atoms. The fourth-order valence-electron chi connectivity index (χ4n) is 3.32. The predicted molar refractivity (Wildman–Crippen MR) is 128 cm³/mol. The Hall–Kier alpha value is -1.01. The molecule has 0 radical (unpaired) electrons. The maximum absolute atomic E-state index is 5.62. The van der Waals surface area contributed by atoms with Crippen molar-refractivity contribution in [1.82, 2.24) is 9.97 Å². The summed E-state index contributed by atoms with van der Waals surface area (Å²) in [4.78, 5) is 9.62. The summed E-state index contributed by atoms with van der Waals surface area (Å²) in [5, 5.41) is 4.93. The average Bonchev–Trinajstić information content (AvgIpc) is 2.68. The van der Waals surface area contributed by atoms with Crippen LogP contribution < -0.4 is 21.0 Å². The summed E-state index contributed by atoms with van der Waals surface area (Å²) in [6.07, 6.45) is 1.89. The van der Waals surface area contributed by atoms with Gasteiger partial charge in [0.2, 0.25) is 0 Å². The molecule has 0 atom stereocenters. The summed E-state index contributed by atoms with van der Waals surface area (Å²) in [6.45, 7) is 13.5. The molecule has 0 amide bonds. The van der Waals surface area contributed by atoms with Crippen molar-refractivity contribution >= 4 is 49.8 Å². The van der Waals surface area contributed by atoms with Gasteiger partial charge in [0.05, 0.1) is 0 Å². The standard InChI is InChI=1S/C23H29N2SSi2.Pt/c1-23(2,26)20-13-10-15-22(25-20)28(5,6)19-12-9-11-18(17-19)27(3,4)21-14-7-8-16-24-21;/h7-16,26H,1-6H3;/q-1;+2/p-1. The van der Waals surface area contributed by atoms with Crippen LogP contribution in [0.3, 0.4) is 0 Å². The minimum atomic E-state index is -1.99. The number of rotatable bonds is 5. The molecule has 0 saturated carbocycles. The molecule has 154 valence electrons. The van der Waals surface area contributed by atoms with Crippen LogP contribution in [0.5, 0.6) is 0 Å². The van der Waals surface area contributed by atoms with Crippen LogP contribution in [0, 0.1) is 6.07 Å². The molecule has 0 aliphatic rings. The van der Waals surface area contributed by atoms with Crippen molar-refractivity contribution in [3.8, 4) is 0 Å². The summed E-state index contributed by atoms with van der Waals surface area (Å²) >= 11 is 5.62. The molecule has 0 saturated heterocycles. The van der Waals surface area contributed by atoms with Crippen molar-refractivity contribution < 1.29 is 21.1 Å². The first-order valence-corrected chi connectivity index (χ1v) is 16.1. The smallest absolute Gasteiger partial charge is 0.780 e. The molecule has 6 heteroatoms. The van der Waals surface area contributed by atoms with Crippen LogP contribution in [-0.2, 0) is 38.4 Å². The Morgan fingerprint density at radius 1 is 0.793 bits per heavy atom. The SMILES string of the molecule is CC(C)([S-])c1cccc([Si](C)(C)c2[c-]c([Si](C)(C)c3ccccn3)ccc2)n1.[Pt+2]. The second-order valence-corrected chi connectivity index (χ2v) is 18.5. The zero-order valence-corrected chi connectivity index (χ0v) is 23.0. The van der Waals surface area contributed by atoms with Crippen LogP contribution in [0.1, 0.15) is 19.5 Å². The molecule has 0 unspecified atom stereocenters. The van der Waals surface area contributed by atoms with Crippen LogP contribution in [0.25, 0.3) is 0 Å². The fourth-order valence-corrected chi connectivity index (χ4v) is 7.86. The summed E-state index contributed by atoms with van der Waals surface area (Å²) in [7, 11) is -3.88. The Kier molecular flexibility index (Phi) is 7.54. The second-order valence-electron chi connectivity index (χ2n) is 8.86. The summed E-state index contributed by atoms with van der Waals surface area (Å²) in [5.74, 6) is 0. The van der Waals surface area contributed by atoms with E-state index in [1.807, 2.05) is 32.2 Å². The van der Waals surface area contributed by atoms with E-state index in [9.17, 15) is 0 Å². The number of nitrogens with zero attached hydrogens (tertiary/aromatic N) is 2. The molecule has 3 rings (SSSR count). The Bertz CT molecular complexity index is 970. The van der Waals surface area contributed by atoms with Gasteiger partial charge in [-0.3, -0.25) is 9.97 Å². The van der Waals surface area contributed by atoms with E-state index in [1.54, 1.807) is 0 Å². The van der Waals surface area contributed by atoms with Crippen molar-refractivity contribution in [2.75, 3.05) is 0 Å². The number of aromatic nitrogens is 2. The first kappa shape index (κ1) is 24.3. The number of hydrogen-bond acceptors (Lipinski definition) is 3. The molecule has 1 aromatic carbocycles. The monoisotopic (exact) mass is 615 g/mol.